The maximum atomic E-state index is 12.4. The van der Waals surface area contributed by atoms with Gasteiger partial charge in [-0.05, 0) is 62.2 Å². The van der Waals surface area contributed by atoms with Crippen molar-refractivity contribution in [1.82, 2.24) is 9.71 Å². The summed E-state index contributed by atoms with van der Waals surface area (Å²) in [6, 6.07) is 10.5. The van der Waals surface area contributed by atoms with Crippen LogP contribution in [0.15, 0.2) is 41.3 Å². The predicted molar refractivity (Wildman–Crippen MR) is 115 cm³/mol. The van der Waals surface area contributed by atoms with Crippen molar-refractivity contribution in [3.8, 4) is 5.75 Å². The van der Waals surface area contributed by atoms with Gasteiger partial charge in [-0.25, -0.2) is 18.1 Å². The summed E-state index contributed by atoms with van der Waals surface area (Å²) in [5.41, 5.74) is 2.69. The summed E-state index contributed by atoms with van der Waals surface area (Å²) in [5.74, 6) is 0.444. The number of ether oxygens (including phenoxy) is 1. The van der Waals surface area contributed by atoms with Crippen molar-refractivity contribution in [2.45, 2.75) is 32.1 Å². The normalized spacial score (nSPS) is 11.6. The van der Waals surface area contributed by atoms with Gasteiger partial charge in [0.1, 0.15) is 5.75 Å². The van der Waals surface area contributed by atoms with Gasteiger partial charge in [-0.2, -0.15) is 0 Å². The van der Waals surface area contributed by atoms with Crippen LogP contribution in [0.4, 0.5) is 5.13 Å². The molecule has 9 heteroatoms. The molecule has 154 valence electrons. The number of aromatic nitrogens is 1. The van der Waals surface area contributed by atoms with Crippen molar-refractivity contribution in [2.24, 2.45) is 0 Å². The fraction of sp³-hybridized carbons (Fsp3) is 0.300. The number of amides is 1. The molecule has 3 rings (SSSR count). The van der Waals surface area contributed by atoms with Gasteiger partial charge in [0.05, 0.1) is 21.7 Å². The zero-order valence-electron chi connectivity index (χ0n) is 16.5. The second-order valence-corrected chi connectivity index (χ2v) is 9.32. The Morgan fingerprint density at radius 2 is 1.93 bits per heavy atom. The van der Waals surface area contributed by atoms with E-state index in [0.717, 1.165) is 27.1 Å². The zero-order valence-corrected chi connectivity index (χ0v) is 18.1. The number of anilines is 1. The number of sulfonamides is 1. The number of thiazole rings is 1. The first-order valence-corrected chi connectivity index (χ1v) is 11.5. The molecule has 0 saturated carbocycles. The number of nitrogens with one attached hydrogen (secondary N) is 2. The average molecular weight is 434 g/mol. The Balaban J connectivity index is 1.57. The third-order valence-electron chi connectivity index (χ3n) is 4.35. The molecule has 2 N–H and O–H groups in total. The van der Waals surface area contributed by atoms with Crippen LogP contribution in [0.2, 0.25) is 0 Å². The Hall–Kier alpha value is -2.49. The molecule has 0 radical (unpaired) electrons. The molecule has 0 bridgehead atoms. The van der Waals surface area contributed by atoms with Crippen LogP contribution in [-0.4, -0.2) is 32.5 Å². The van der Waals surface area contributed by atoms with Crippen LogP contribution in [0.25, 0.3) is 10.2 Å². The van der Waals surface area contributed by atoms with Crippen LogP contribution < -0.4 is 14.8 Å². The first-order valence-electron chi connectivity index (χ1n) is 9.18. The minimum absolute atomic E-state index is 0.000470. The average Bonchev–Trinajstić information content (AvgIpc) is 3.05. The van der Waals surface area contributed by atoms with Gasteiger partial charge in [0.2, 0.25) is 15.9 Å². The van der Waals surface area contributed by atoms with Crippen molar-refractivity contribution in [3.05, 3.63) is 47.5 Å². The molecule has 2 aromatic carbocycles. The van der Waals surface area contributed by atoms with E-state index in [2.05, 4.69) is 15.0 Å². The Labute approximate surface area is 174 Å². The Kier molecular flexibility index (Phi) is 6.51. The van der Waals surface area contributed by atoms with E-state index < -0.39 is 10.0 Å². The highest BCUT2D eigenvalue weighted by Crippen LogP contribution is 2.29. The molecule has 0 fully saturated rings. The summed E-state index contributed by atoms with van der Waals surface area (Å²) in [5, 5.41) is 3.19. The van der Waals surface area contributed by atoms with E-state index in [1.165, 1.54) is 11.3 Å². The van der Waals surface area contributed by atoms with Crippen LogP contribution in [-0.2, 0) is 14.8 Å². The van der Waals surface area contributed by atoms with Crippen LogP contribution in [0.5, 0.6) is 5.75 Å². The molecule has 29 heavy (non-hydrogen) atoms. The highest BCUT2D eigenvalue weighted by molar-refractivity contribution is 7.89. The third-order valence-corrected chi connectivity index (χ3v) is 6.74. The predicted octanol–water partition coefficient (Wildman–Crippen LogP) is 3.62. The van der Waals surface area contributed by atoms with Gasteiger partial charge in [0.15, 0.2) is 5.13 Å². The lowest BCUT2D eigenvalue weighted by atomic mass is 10.1. The van der Waals surface area contributed by atoms with Gasteiger partial charge >= 0.3 is 0 Å². The first-order chi connectivity index (χ1) is 13.8. The SMILES string of the molecule is CCOc1ccc2nc(NC(=O)CCNS(=O)(=O)c3ccc(C)c(C)c3)sc2c1. The molecule has 0 saturated heterocycles. The lowest BCUT2D eigenvalue weighted by Gasteiger charge is -2.08. The molecule has 0 aliphatic carbocycles. The van der Waals surface area contributed by atoms with E-state index >= 15 is 0 Å². The second kappa shape index (κ2) is 8.89. The number of nitrogens with zero attached hydrogens (tertiary/aromatic N) is 1. The fourth-order valence-electron chi connectivity index (χ4n) is 2.66. The van der Waals surface area contributed by atoms with Crippen LogP contribution >= 0.6 is 11.3 Å². The highest BCUT2D eigenvalue weighted by Gasteiger charge is 2.15. The van der Waals surface area contributed by atoms with Gasteiger partial charge < -0.3 is 10.1 Å². The van der Waals surface area contributed by atoms with Gasteiger partial charge in [0, 0.05) is 13.0 Å². The van der Waals surface area contributed by atoms with Crippen molar-refractivity contribution in [2.75, 3.05) is 18.5 Å². The third kappa shape index (κ3) is 5.31. The first kappa shape index (κ1) is 21.2. The topological polar surface area (TPSA) is 97.4 Å². The molecule has 7 nitrogen and oxygen atoms in total. The quantitative estimate of drug-likeness (QED) is 0.565. The summed E-state index contributed by atoms with van der Waals surface area (Å²) < 4.78 is 33.6. The lowest BCUT2D eigenvalue weighted by molar-refractivity contribution is -0.116. The molecule has 1 heterocycles. The van der Waals surface area contributed by atoms with E-state index in [1.54, 1.807) is 18.2 Å². The maximum absolute atomic E-state index is 12.4. The monoisotopic (exact) mass is 433 g/mol. The van der Waals surface area contributed by atoms with Gasteiger partial charge in [-0.1, -0.05) is 17.4 Å². The maximum Gasteiger partial charge on any atom is 0.240 e. The fourth-order valence-corrected chi connectivity index (χ4v) is 4.69. The number of hydrogen-bond acceptors (Lipinski definition) is 6. The Bertz CT molecular complexity index is 1140. The molecule has 0 aliphatic heterocycles. The second-order valence-electron chi connectivity index (χ2n) is 6.52. The summed E-state index contributed by atoms with van der Waals surface area (Å²) in [6.45, 7) is 6.27. The zero-order chi connectivity index (χ0) is 21.0. The number of carbonyl (C=O) groups is 1. The number of fused-ring (bicyclic) bond motifs is 1. The van der Waals surface area contributed by atoms with E-state index in [1.807, 2.05) is 39.0 Å². The minimum Gasteiger partial charge on any atom is -0.494 e. The lowest BCUT2D eigenvalue weighted by Crippen LogP contribution is -2.28. The Morgan fingerprint density at radius 1 is 1.14 bits per heavy atom. The molecule has 3 aromatic rings. The number of aryl methyl sites for hydroxylation is 2. The molecule has 0 spiro atoms. The van der Waals surface area contributed by atoms with Crippen LogP contribution in [0.3, 0.4) is 0 Å². The number of carbonyl (C=O) groups excluding carboxylic acids is 1. The minimum atomic E-state index is -3.66. The summed E-state index contributed by atoms with van der Waals surface area (Å²) >= 11 is 1.34. The van der Waals surface area contributed by atoms with Crippen LogP contribution in [0.1, 0.15) is 24.5 Å². The van der Waals surface area contributed by atoms with Crippen molar-refractivity contribution < 1.29 is 17.9 Å². The molecule has 0 atom stereocenters. The van der Waals surface area contributed by atoms with E-state index in [-0.39, 0.29) is 23.8 Å². The standard InChI is InChI=1S/C20H23N3O4S2/c1-4-27-15-6-8-17-18(12-15)28-20(22-17)23-19(24)9-10-21-29(25,26)16-7-5-13(2)14(3)11-16/h5-8,11-12,21H,4,9-10H2,1-3H3,(H,22,23,24). The number of rotatable bonds is 8. The molecular weight excluding hydrogens is 410 g/mol. The van der Waals surface area contributed by atoms with Gasteiger partial charge in [0.25, 0.3) is 0 Å². The van der Waals surface area contributed by atoms with E-state index in [0.29, 0.717) is 11.7 Å². The molecular formula is C20H23N3O4S2. The molecule has 0 unspecified atom stereocenters. The van der Waals surface area contributed by atoms with Crippen LogP contribution in [0, 0.1) is 13.8 Å². The van der Waals surface area contributed by atoms with Crippen molar-refractivity contribution in [1.29, 1.82) is 0 Å². The van der Waals surface area contributed by atoms with Crippen molar-refractivity contribution >= 4 is 42.6 Å². The van der Waals surface area contributed by atoms with Gasteiger partial charge in [-0.15, -0.1) is 0 Å². The number of hydrogen-bond donors (Lipinski definition) is 2. The number of benzene rings is 2. The Morgan fingerprint density at radius 3 is 2.66 bits per heavy atom. The van der Waals surface area contributed by atoms with Crippen molar-refractivity contribution in [3.63, 3.8) is 0 Å². The molecule has 0 aliphatic rings. The van der Waals surface area contributed by atoms with E-state index in [4.69, 9.17) is 4.74 Å². The van der Waals surface area contributed by atoms with Gasteiger partial charge in [-0.3, -0.25) is 4.79 Å². The molecule has 1 amide bonds. The summed E-state index contributed by atoms with van der Waals surface area (Å²) in [6.07, 6.45) is 0.00416. The summed E-state index contributed by atoms with van der Waals surface area (Å²) in [7, 11) is -3.66. The smallest absolute Gasteiger partial charge is 0.240 e. The highest BCUT2D eigenvalue weighted by atomic mass is 32.2. The largest absolute Gasteiger partial charge is 0.494 e. The molecule has 1 aromatic heterocycles. The summed E-state index contributed by atoms with van der Waals surface area (Å²) in [4.78, 5) is 16.7. The van der Waals surface area contributed by atoms with E-state index in [9.17, 15) is 13.2 Å².